The number of rotatable bonds is 4. The molecule has 2 aromatic rings. The second-order valence-electron chi connectivity index (χ2n) is 7.47. The summed E-state index contributed by atoms with van der Waals surface area (Å²) in [6.07, 6.45) is 5.21. The Hall–Kier alpha value is -2.73. The standard InChI is InChI=1S/C22H26N4O2/c27-21(19-8-4-10-23-16-19)25-14-12-24(13-15-25)20-9-5-11-26(22(20)28)17-18-6-2-1-3-7-18/h1-4,6-8,10,16,20H,5,9,11-15,17H2/t20-/m1/s1. The van der Waals surface area contributed by atoms with Crippen molar-refractivity contribution in [2.75, 3.05) is 32.7 Å². The average molecular weight is 378 g/mol. The van der Waals surface area contributed by atoms with Crippen LogP contribution in [0.1, 0.15) is 28.8 Å². The Labute approximate surface area is 165 Å². The minimum atomic E-state index is -0.0619. The SMILES string of the molecule is O=C(c1cccnc1)N1CCN([C@@H]2CCCN(Cc3ccccc3)C2=O)CC1. The van der Waals surface area contributed by atoms with Crippen LogP contribution in [0.2, 0.25) is 0 Å². The van der Waals surface area contributed by atoms with Crippen LogP contribution in [0.25, 0.3) is 0 Å². The van der Waals surface area contributed by atoms with Gasteiger partial charge in [0.05, 0.1) is 11.6 Å². The van der Waals surface area contributed by atoms with Crippen molar-refractivity contribution in [3.8, 4) is 0 Å². The minimum absolute atomic E-state index is 0.0217. The summed E-state index contributed by atoms with van der Waals surface area (Å²) in [4.78, 5) is 35.8. The lowest BCUT2D eigenvalue weighted by atomic mass is 10.0. The molecule has 146 valence electrons. The summed E-state index contributed by atoms with van der Waals surface area (Å²) in [7, 11) is 0. The van der Waals surface area contributed by atoms with Crippen molar-refractivity contribution in [3.05, 3.63) is 66.0 Å². The van der Waals surface area contributed by atoms with Gasteiger partial charge in [0.2, 0.25) is 5.91 Å². The first-order chi connectivity index (χ1) is 13.7. The Kier molecular flexibility index (Phi) is 5.67. The molecule has 1 aromatic carbocycles. The van der Waals surface area contributed by atoms with Crippen molar-refractivity contribution in [3.63, 3.8) is 0 Å². The van der Waals surface area contributed by atoms with E-state index in [-0.39, 0.29) is 17.9 Å². The summed E-state index contributed by atoms with van der Waals surface area (Å²) in [5, 5.41) is 0. The lowest BCUT2D eigenvalue weighted by Gasteiger charge is -2.42. The Morgan fingerprint density at radius 1 is 1.00 bits per heavy atom. The molecule has 2 saturated heterocycles. The van der Waals surface area contributed by atoms with Crippen LogP contribution in [0.15, 0.2) is 54.9 Å². The van der Waals surface area contributed by atoms with E-state index in [1.165, 1.54) is 5.56 Å². The second kappa shape index (κ2) is 8.52. The van der Waals surface area contributed by atoms with Crippen molar-refractivity contribution >= 4 is 11.8 Å². The monoisotopic (exact) mass is 378 g/mol. The van der Waals surface area contributed by atoms with Gasteiger partial charge >= 0.3 is 0 Å². The Morgan fingerprint density at radius 2 is 1.79 bits per heavy atom. The third-order valence-electron chi connectivity index (χ3n) is 5.67. The molecule has 0 radical (unpaired) electrons. The van der Waals surface area contributed by atoms with Crippen LogP contribution in [0.4, 0.5) is 0 Å². The molecule has 2 aliphatic rings. The number of hydrogen-bond acceptors (Lipinski definition) is 4. The van der Waals surface area contributed by atoms with Crippen molar-refractivity contribution in [1.82, 2.24) is 19.7 Å². The van der Waals surface area contributed by atoms with E-state index in [9.17, 15) is 9.59 Å². The topological polar surface area (TPSA) is 56.8 Å². The molecule has 0 bridgehead atoms. The van der Waals surface area contributed by atoms with Crippen molar-refractivity contribution in [1.29, 1.82) is 0 Å². The van der Waals surface area contributed by atoms with E-state index in [1.807, 2.05) is 28.0 Å². The zero-order valence-electron chi connectivity index (χ0n) is 16.0. The molecule has 3 heterocycles. The predicted octanol–water partition coefficient (Wildman–Crippen LogP) is 2.03. The summed E-state index contributed by atoms with van der Waals surface area (Å²) in [5.74, 6) is 0.246. The van der Waals surface area contributed by atoms with Crippen molar-refractivity contribution in [2.45, 2.75) is 25.4 Å². The molecular weight excluding hydrogens is 352 g/mol. The lowest BCUT2D eigenvalue weighted by molar-refractivity contribution is -0.141. The molecule has 2 aliphatic heterocycles. The molecule has 1 aromatic heterocycles. The molecule has 2 amide bonds. The number of amides is 2. The van der Waals surface area contributed by atoms with Gasteiger partial charge < -0.3 is 9.80 Å². The molecular formula is C22H26N4O2. The Morgan fingerprint density at radius 3 is 2.50 bits per heavy atom. The lowest BCUT2D eigenvalue weighted by Crippen LogP contribution is -2.58. The third-order valence-corrected chi connectivity index (χ3v) is 5.67. The van der Waals surface area contributed by atoms with Crippen LogP contribution in [-0.4, -0.2) is 70.3 Å². The molecule has 0 N–H and O–H groups in total. The van der Waals surface area contributed by atoms with Gasteiger partial charge in [-0.05, 0) is 30.5 Å². The van der Waals surface area contributed by atoms with Gasteiger partial charge in [0, 0.05) is 51.7 Å². The van der Waals surface area contributed by atoms with Gasteiger partial charge in [-0.1, -0.05) is 30.3 Å². The molecule has 28 heavy (non-hydrogen) atoms. The highest BCUT2D eigenvalue weighted by molar-refractivity contribution is 5.94. The van der Waals surface area contributed by atoms with Crippen LogP contribution in [0.5, 0.6) is 0 Å². The van der Waals surface area contributed by atoms with Crippen LogP contribution in [-0.2, 0) is 11.3 Å². The van der Waals surface area contributed by atoms with Gasteiger partial charge in [-0.25, -0.2) is 0 Å². The number of aromatic nitrogens is 1. The Bertz CT molecular complexity index is 804. The summed E-state index contributed by atoms with van der Waals surface area (Å²) < 4.78 is 0. The van der Waals surface area contributed by atoms with Crippen molar-refractivity contribution in [2.24, 2.45) is 0 Å². The summed E-state index contributed by atoms with van der Waals surface area (Å²) >= 11 is 0. The second-order valence-corrected chi connectivity index (χ2v) is 7.47. The molecule has 6 nitrogen and oxygen atoms in total. The normalized spacial score (nSPS) is 21.0. The quantitative estimate of drug-likeness (QED) is 0.817. The van der Waals surface area contributed by atoms with E-state index in [2.05, 4.69) is 22.0 Å². The number of hydrogen-bond donors (Lipinski definition) is 0. The first-order valence-electron chi connectivity index (χ1n) is 9.98. The van der Waals surface area contributed by atoms with Crippen LogP contribution in [0, 0.1) is 0 Å². The summed E-state index contributed by atoms with van der Waals surface area (Å²) in [5.41, 5.74) is 1.79. The Balaban J connectivity index is 1.35. The summed E-state index contributed by atoms with van der Waals surface area (Å²) in [6.45, 7) is 4.27. The van der Waals surface area contributed by atoms with Gasteiger partial charge in [0.25, 0.3) is 5.91 Å². The number of likely N-dealkylation sites (tertiary alicyclic amines) is 1. The highest BCUT2D eigenvalue weighted by Crippen LogP contribution is 2.21. The smallest absolute Gasteiger partial charge is 0.255 e. The van der Waals surface area contributed by atoms with E-state index < -0.39 is 0 Å². The third kappa shape index (κ3) is 4.07. The summed E-state index contributed by atoms with van der Waals surface area (Å²) in [6, 6.07) is 13.7. The zero-order chi connectivity index (χ0) is 19.3. The van der Waals surface area contributed by atoms with E-state index in [0.717, 1.165) is 32.5 Å². The molecule has 0 spiro atoms. The predicted molar refractivity (Wildman–Crippen MR) is 107 cm³/mol. The molecule has 0 aliphatic carbocycles. The number of nitrogens with zero attached hydrogens (tertiary/aromatic N) is 4. The fourth-order valence-electron chi connectivity index (χ4n) is 4.13. The van der Waals surface area contributed by atoms with E-state index in [4.69, 9.17) is 0 Å². The molecule has 0 unspecified atom stereocenters. The number of benzene rings is 1. The number of piperidine rings is 1. The van der Waals surface area contributed by atoms with Gasteiger partial charge in [0.1, 0.15) is 0 Å². The first kappa shape index (κ1) is 18.6. The van der Waals surface area contributed by atoms with Gasteiger partial charge in [-0.2, -0.15) is 0 Å². The fraction of sp³-hybridized carbons (Fsp3) is 0.409. The number of piperazine rings is 1. The van der Waals surface area contributed by atoms with E-state index >= 15 is 0 Å². The largest absolute Gasteiger partial charge is 0.337 e. The number of carbonyl (C=O) groups is 2. The molecule has 1 atom stereocenters. The fourth-order valence-corrected chi connectivity index (χ4v) is 4.13. The highest BCUT2D eigenvalue weighted by Gasteiger charge is 2.35. The molecule has 6 heteroatoms. The maximum Gasteiger partial charge on any atom is 0.255 e. The molecule has 2 fully saturated rings. The van der Waals surface area contributed by atoms with Crippen LogP contribution >= 0.6 is 0 Å². The zero-order valence-corrected chi connectivity index (χ0v) is 16.0. The van der Waals surface area contributed by atoms with Crippen molar-refractivity contribution < 1.29 is 9.59 Å². The maximum absolute atomic E-state index is 13.1. The number of carbonyl (C=O) groups excluding carboxylic acids is 2. The first-order valence-corrected chi connectivity index (χ1v) is 9.98. The molecule has 0 saturated carbocycles. The highest BCUT2D eigenvalue weighted by atomic mass is 16.2. The van der Waals surface area contributed by atoms with Crippen LogP contribution < -0.4 is 0 Å². The van der Waals surface area contributed by atoms with Gasteiger partial charge in [-0.15, -0.1) is 0 Å². The average Bonchev–Trinajstić information content (AvgIpc) is 2.76. The van der Waals surface area contributed by atoms with Crippen LogP contribution in [0.3, 0.4) is 0 Å². The molecule has 4 rings (SSSR count). The maximum atomic E-state index is 13.1. The van der Waals surface area contributed by atoms with Gasteiger partial charge in [0.15, 0.2) is 0 Å². The van der Waals surface area contributed by atoms with E-state index in [1.54, 1.807) is 24.5 Å². The minimum Gasteiger partial charge on any atom is -0.337 e. The van der Waals surface area contributed by atoms with E-state index in [0.29, 0.717) is 25.2 Å². The van der Waals surface area contributed by atoms with Gasteiger partial charge in [-0.3, -0.25) is 19.5 Å². The number of pyridine rings is 1.